The summed E-state index contributed by atoms with van der Waals surface area (Å²) in [5.41, 5.74) is 2.30. The summed E-state index contributed by atoms with van der Waals surface area (Å²) in [6, 6.07) is 16.3. The van der Waals surface area contributed by atoms with Crippen LogP contribution in [0.15, 0.2) is 48.5 Å². The van der Waals surface area contributed by atoms with Crippen molar-refractivity contribution < 1.29 is 14.6 Å². The minimum absolute atomic E-state index is 0.0939. The molecular weight excluding hydrogens is 296 g/mol. The van der Waals surface area contributed by atoms with Gasteiger partial charge in [-0.1, -0.05) is 34.6 Å². The van der Waals surface area contributed by atoms with E-state index in [4.69, 9.17) is 15.1 Å². The zero-order chi connectivity index (χ0) is 16.2. The van der Waals surface area contributed by atoms with Crippen LogP contribution in [0.1, 0.15) is 16.1 Å². The molecule has 0 spiro atoms. The molecule has 0 aliphatic rings. The first-order chi connectivity index (χ1) is 11.2. The molecule has 0 amide bonds. The maximum Gasteiger partial charge on any atom is 0.359 e. The molecule has 0 aliphatic heterocycles. The largest absolute Gasteiger partial charge is 0.476 e. The Labute approximate surface area is 130 Å². The van der Waals surface area contributed by atoms with Gasteiger partial charge in [-0.2, -0.15) is 5.26 Å². The molecule has 7 heteroatoms. The van der Waals surface area contributed by atoms with Gasteiger partial charge in [0.1, 0.15) is 5.75 Å². The van der Waals surface area contributed by atoms with E-state index in [-0.39, 0.29) is 11.6 Å². The molecule has 0 bridgehead atoms. The number of rotatable bonds is 4. The summed E-state index contributed by atoms with van der Waals surface area (Å²) in [4.78, 5) is 11.0. The average molecular weight is 306 g/mol. The monoisotopic (exact) mass is 306 g/mol. The molecule has 23 heavy (non-hydrogen) atoms. The molecule has 2 aromatic carbocycles. The summed E-state index contributed by atoms with van der Waals surface area (Å²) in [5, 5.41) is 27.0. The lowest BCUT2D eigenvalue weighted by Gasteiger charge is -2.05. The van der Waals surface area contributed by atoms with Crippen LogP contribution in [0.4, 0.5) is 0 Å². The Kier molecular flexibility index (Phi) is 3.72. The van der Waals surface area contributed by atoms with Crippen molar-refractivity contribution in [3.05, 3.63) is 59.8 Å². The molecule has 1 heterocycles. The smallest absolute Gasteiger partial charge is 0.359 e. The Bertz CT molecular complexity index is 877. The summed E-state index contributed by atoms with van der Waals surface area (Å²) in [7, 11) is 0. The molecule has 0 aliphatic carbocycles. The molecule has 0 radical (unpaired) electrons. The van der Waals surface area contributed by atoms with Crippen molar-refractivity contribution in [1.29, 1.82) is 5.26 Å². The first-order valence-corrected chi connectivity index (χ1v) is 6.60. The highest BCUT2D eigenvalue weighted by molar-refractivity contribution is 5.87. The molecule has 0 saturated heterocycles. The third-order valence-electron chi connectivity index (χ3n) is 3.15. The second kappa shape index (κ2) is 5.99. The summed E-state index contributed by atoms with van der Waals surface area (Å²) >= 11 is 0. The lowest BCUT2D eigenvalue weighted by molar-refractivity contribution is 0.0687. The highest BCUT2D eigenvalue weighted by Crippen LogP contribution is 2.26. The zero-order valence-electron chi connectivity index (χ0n) is 11.7. The Morgan fingerprint density at radius 3 is 2.26 bits per heavy atom. The van der Waals surface area contributed by atoms with Crippen molar-refractivity contribution in [2.24, 2.45) is 0 Å². The van der Waals surface area contributed by atoms with E-state index in [1.807, 2.05) is 24.3 Å². The molecule has 7 nitrogen and oxygen atoms in total. The third-order valence-corrected chi connectivity index (χ3v) is 3.15. The highest BCUT2D eigenvalue weighted by Gasteiger charge is 2.16. The second-order valence-corrected chi connectivity index (χ2v) is 4.61. The van der Waals surface area contributed by atoms with Gasteiger partial charge in [-0.25, -0.2) is 9.89 Å². The number of ether oxygens (including phenoxy) is 1. The van der Waals surface area contributed by atoms with Crippen LogP contribution in [0.5, 0.6) is 11.6 Å². The predicted molar refractivity (Wildman–Crippen MR) is 80.0 cm³/mol. The van der Waals surface area contributed by atoms with E-state index >= 15 is 0 Å². The van der Waals surface area contributed by atoms with Crippen LogP contribution >= 0.6 is 0 Å². The number of carbonyl (C=O) groups is 1. The molecule has 1 aromatic heterocycles. The maximum absolute atomic E-state index is 11.0. The molecule has 112 valence electrons. The van der Waals surface area contributed by atoms with Gasteiger partial charge in [0.2, 0.25) is 5.69 Å². The van der Waals surface area contributed by atoms with Gasteiger partial charge in [0.25, 0.3) is 5.88 Å². The number of hydrogen-bond acceptors (Lipinski definition) is 5. The minimum atomic E-state index is -1.20. The van der Waals surface area contributed by atoms with E-state index in [0.717, 1.165) is 11.1 Å². The van der Waals surface area contributed by atoms with Crippen molar-refractivity contribution in [3.8, 4) is 28.8 Å². The predicted octanol–water partition coefficient (Wildman–Crippen LogP) is 2.83. The topological polar surface area (TPSA) is 112 Å². The molecule has 0 saturated carbocycles. The zero-order valence-corrected chi connectivity index (χ0v) is 11.7. The first-order valence-electron chi connectivity index (χ1n) is 6.60. The molecule has 2 N–H and O–H groups in total. The standard InChI is InChI=1S/C16H10N4O3/c17-9-10-1-3-11(4-2-10)12-5-7-13(8-6-12)23-15-14(16(21)22)18-20-19-15/h1-8H,(H,21,22)(H,18,19,20). The Hall–Kier alpha value is -3.66. The molecule has 0 atom stereocenters. The fourth-order valence-corrected chi connectivity index (χ4v) is 1.99. The number of aromatic amines is 1. The number of aromatic carboxylic acids is 1. The minimum Gasteiger partial charge on any atom is -0.476 e. The van der Waals surface area contributed by atoms with Crippen LogP contribution < -0.4 is 4.74 Å². The van der Waals surface area contributed by atoms with E-state index in [1.54, 1.807) is 24.3 Å². The summed E-state index contributed by atoms with van der Waals surface area (Å²) in [6.45, 7) is 0. The second-order valence-electron chi connectivity index (χ2n) is 4.61. The number of nitrogens with zero attached hydrogens (tertiary/aromatic N) is 3. The summed E-state index contributed by atoms with van der Waals surface area (Å²) in [6.07, 6.45) is 0. The van der Waals surface area contributed by atoms with Gasteiger partial charge >= 0.3 is 5.97 Å². The fraction of sp³-hybridized carbons (Fsp3) is 0. The average Bonchev–Trinajstić information content (AvgIpc) is 3.04. The van der Waals surface area contributed by atoms with Gasteiger partial charge in [-0.15, -0.1) is 0 Å². The van der Waals surface area contributed by atoms with Gasteiger partial charge in [-0.3, -0.25) is 0 Å². The maximum atomic E-state index is 11.0. The van der Waals surface area contributed by atoms with Crippen molar-refractivity contribution in [1.82, 2.24) is 15.4 Å². The fourth-order valence-electron chi connectivity index (χ4n) is 1.99. The molecule has 0 fully saturated rings. The Morgan fingerprint density at radius 2 is 1.70 bits per heavy atom. The van der Waals surface area contributed by atoms with Crippen LogP contribution in [0.2, 0.25) is 0 Å². The number of nitriles is 1. The molecule has 3 rings (SSSR count). The highest BCUT2D eigenvalue weighted by atomic mass is 16.5. The number of carboxylic acid groups (broad SMARTS) is 1. The van der Waals surface area contributed by atoms with Crippen LogP contribution in [0.3, 0.4) is 0 Å². The van der Waals surface area contributed by atoms with Crippen molar-refractivity contribution in [3.63, 3.8) is 0 Å². The van der Waals surface area contributed by atoms with E-state index in [2.05, 4.69) is 21.5 Å². The van der Waals surface area contributed by atoms with Gasteiger partial charge in [0.05, 0.1) is 11.6 Å². The summed E-state index contributed by atoms with van der Waals surface area (Å²) in [5.74, 6) is -0.846. The quantitative estimate of drug-likeness (QED) is 0.766. The van der Waals surface area contributed by atoms with E-state index < -0.39 is 5.97 Å². The number of nitrogens with one attached hydrogen (secondary N) is 1. The molecule has 0 unspecified atom stereocenters. The number of benzene rings is 2. The van der Waals surface area contributed by atoms with Crippen molar-refractivity contribution in [2.45, 2.75) is 0 Å². The Morgan fingerprint density at radius 1 is 1.09 bits per heavy atom. The van der Waals surface area contributed by atoms with Gasteiger partial charge in [0, 0.05) is 0 Å². The van der Waals surface area contributed by atoms with E-state index in [1.165, 1.54) is 0 Å². The number of H-pyrrole nitrogens is 1. The van der Waals surface area contributed by atoms with Crippen LogP contribution in [0, 0.1) is 11.3 Å². The van der Waals surface area contributed by atoms with Crippen LogP contribution in [0.25, 0.3) is 11.1 Å². The lowest BCUT2D eigenvalue weighted by atomic mass is 10.0. The number of carboxylic acids is 1. The lowest BCUT2D eigenvalue weighted by Crippen LogP contribution is -1.99. The van der Waals surface area contributed by atoms with Gasteiger partial charge in [0.15, 0.2) is 0 Å². The Balaban J connectivity index is 1.80. The normalized spacial score (nSPS) is 10.0. The van der Waals surface area contributed by atoms with Gasteiger partial charge < -0.3 is 9.84 Å². The molecular formula is C16H10N4O3. The van der Waals surface area contributed by atoms with Crippen LogP contribution in [-0.2, 0) is 0 Å². The number of aromatic nitrogens is 3. The number of hydrogen-bond donors (Lipinski definition) is 2. The SMILES string of the molecule is N#Cc1ccc(-c2ccc(Oc3nn[nH]c3C(=O)O)cc2)cc1. The van der Waals surface area contributed by atoms with E-state index in [0.29, 0.717) is 11.3 Å². The first kappa shape index (κ1) is 14.3. The van der Waals surface area contributed by atoms with Gasteiger partial charge in [-0.05, 0) is 35.4 Å². The molecule has 3 aromatic rings. The van der Waals surface area contributed by atoms with Crippen molar-refractivity contribution >= 4 is 5.97 Å². The van der Waals surface area contributed by atoms with Crippen LogP contribution in [-0.4, -0.2) is 26.5 Å². The van der Waals surface area contributed by atoms with Crippen molar-refractivity contribution in [2.75, 3.05) is 0 Å². The van der Waals surface area contributed by atoms with E-state index in [9.17, 15) is 4.79 Å². The third kappa shape index (κ3) is 3.01. The summed E-state index contributed by atoms with van der Waals surface area (Å²) < 4.78 is 5.41.